The van der Waals surface area contributed by atoms with Crippen molar-refractivity contribution < 1.29 is 4.74 Å². The number of benzene rings is 1. The summed E-state index contributed by atoms with van der Waals surface area (Å²) in [6.07, 6.45) is 5.21. The minimum Gasteiger partial charge on any atom is -0.380 e. The minimum atomic E-state index is 0.552. The van der Waals surface area contributed by atoms with Crippen LogP contribution in [0.5, 0.6) is 0 Å². The van der Waals surface area contributed by atoms with Crippen molar-refractivity contribution in [2.45, 2.75) is 31.7 Å². The number of rotatable bonds is 6. The highest BCUT2D eigenvalue weighted by Crippen LogP contribution is 2.30. The Morgan fingerprint density at radius 1 is 1.18 bits per heavy atom. The molecule has 2 aliphatic rings. The van der Waals surface area contributed by atoms with Crippen molar-refractivity contribution in [3.05, 3.63) is 35.4 Å². The van der Waals surface area contributed by atoms with Crippen LogP contribution < -0.4 is 5.32 Å². The highest BCUT2D eigenvalue weighted by molar-refractivity contribution is 5.34. The summed E-state index contributed by atoms with van der Waals surface area (Å²) in [7, 11) is 0. The van der Waals surface area contributed by atoms with Gasteiger partial charge in [-0.2, -0.15) is 0 Å². The lowest BCUT2D eigenvalue weighted by Gasteiger charge is -2.14. The molecule has 1 N–H and O–H groups in total. The van der Waals surface area contributed by atoms with Gasteiger partial charge in [0.25, 0.3) is 0 Å². The summed E-state index contributed by atoms with van der Waals surface area (Å²) in [5.41, 5.74) is 3.01. The third-order valence-electron chi connectivity index (χ3n) is 3.82. The number of hydrogen-bond donors (Lipinski definition) is 1. The molecule has 1 aromatic rings. The van der Waals surface area contributed by atoms with Crippen molar-refractivity contribution in [2.75, 3.05) is 19.8 Å². The van der Waals surface area contributed by atoms with Crippen LogP contribution in [0.25, 0.3) is 0 Å². The summed E-state index contributed by atoms with van der Waals surface area (Å²) >= 11 is 0. The van der Waals surface area contributed by atoms with Crippen LogP contribution in [0.1, 0.15) is 36.4 Å². The van der Waals surface area contributed by atoms with E-state index in [0.29, 0.717) is 6.04 Å². The zero-order valence-corrected chi connectivity index (χ0v) is 10.3. The molecule has 0 amide bonds. The van der Waals surface area contributed by atoms with Crippen molar-refractivity contribution >= 4 is 0 Å². The van der Waals surface area contributed by atoms with E-state index in [-0.39, 0.29) is 0 Å². The fourth-order valence-corrected chi connectivity index (χ4v) is 2.61. The molecule has 17 heavy (non-hydrogen) atoms. The van der Waals surface area contributed by atoms with Crippen LogP contribution in [-0.2, 0) is 11.2 Å². The smallest absolute Gasteiger partial charge is 0.0591 e. The zero-order valence-electron chi connectivity index (χ0n) is 10.3. The summed E-state index contributed by atoms with van der Waals surface area (Å²) in [6, 6.07) is 9.34. The fraction of sp³-hybridized carbons (Fsp3) is 0.600. The van der Waals surface area contributed by atoms with Gasteiger partial charge in [0.1, 0.15) is 0 Å². The second-order valence-corrected chi connectivity index (χ2v) is 5.26. The normalized spacial score (nSPS) is 22.7. The Kier molecular flexibility index (Phi) is 3.44. The predicted molar refractivity (Wildman–Crippen MR) is 69.0 cm³/mol. The molecule has 0 saturated heterocycles. The second-order valence-electron chi connectivity index (χ2n) is 5.26. The van der Waals surface area contributed by atoms with Gasteiger partial charge >= 0.3 is 0 Å². The molecular weight excluding hydrogens is 210 g/mol. The van der Waals surface area contributed by atoms with Gasteiger partial charge in [-0.1, -0.05) is 24.3 Å². The van der Waals surface area contributed by atoms with E-state index in [2.05, 4.69) is 29.6 Å². The Hall–Kier alpha value is -0.860. The molecule has 3 rings (SSSR count). The number of ether oxygens (including phenoxy) is 1. The molecule has 0 bridgehead atoms. The van der Waals surface area contributed by atoms with Gasteiger partial charge in [0.15, 0.2) is 0 Å². The van der Waals surface area contributed by atoms with E-state index in [9.17, 15) is 0 Å². The minimum absolute atomic E-state index is 0.552. The quantitative estimate of drug-likeness (QED) is 0.760. The predicted octanol–water partition coefficient (Wildman–Crippen LogP) is 2.69. The molecule has 1 atom stereocenters. The van der Waals surface area contributed by atoms with Crippen molar-refractivity contribution in [3.63, 3.8) is 0 Å². The molecule has 0 aliphatic heterocycles. The monoisotopic (exact) mass is 231 g/mol. The molecule has 0 heterocycles. The average molecular weight is 231 g/mol. The lowest BCUT2D eigenvalue weighted by atomic mass is 10.1. The maximum absolute atomic E-state index is 5.64. The van der Waals surface area contributed by atoms with Crippen LogP contribution in [0.15, 0.2) is 24.3 Å². The molecule has 1 aromatic carbocycles. The van der Waals surface area contributed by atoms with Crippen molar-refractivity contribution in [2.24, 2.45) is 5.92 Å². The highest BCUT2D eigenvalue weighted by Gasteiger charge is 2.22. The van der Waals surface area contributed by atoms with E-state index in [4.69, 9.17) is 4.74 Å². The van der Waals surface area contributed by atoms with Gasteiger partial charge in [-0.15, -0.1) is 0 Å². The summed E-state index contributed by atoms with van der Waals surface area (Å²) < 4.78 is 5.64. The Labute approximate surface area is 103 Å². The van der Waals surface area contributed by atoms with Crippen LogP contribution >= 0.6 is 0 Å². The van der Waals surface area contributed by atoms with Crippen LogP contribution in [0, 0.1) is 5.92 Å². The molecule has 2 nitrogen and oxygen atoms in total. The highest BCUT2D eigenvalue weighted by atomic mass is 16.5. The van der Waals surface area contributed by atoms with Crippen LogP contribution in [-0.4, -0.2) is 19.8 Å². The number of nitrogens with one attached hydrogen (secondary N) is 1. The maximum atomic E-state index is 5.64. The first-order valence-corrected chi connectivity index (χ1v) is 6.82. The van der Waals surface area contributed by atoms with E-state index in [1.165, 1.54) is 36.8 Å². The third-order valence-corrected chi connectivity index (χ3v) is 3.82. The maximum Gasteiger partial charge on any atom is 0.0591 e. The Morgan fingerprint density at radius 2 is 2.06 bits per heavy atom. The van der Waals surface area contributed by atoms with Crippen LogP contribution in [0.3, 0.4) is 0 Å². The summed E-state index contributed by atoms with van der Waals surface area (Å²) in [6.45, 7) is 2.81. The van der Waals surface area contributed by atoms with Gasteiger partial charge in [-0.3, -0.25) is 0 Å². The van der Waals surface area contributed by atoms with E-state index in [1.54, 1.807) is 0 Å². The van der Waals surface area contributed by atoms with E-state index >= 15 is 0 Å². The summed E-state index contributed by atoms with van der Waals surface area (Å²) in [5.74, 6) is 0.877. The summed E-state index contributed by atoms with van der Waals surface area (Å²) in [5, 5.41) is 3.61. The molecule has 2 heteroatoms. The van der Waals surface area contributed by atoms with Crippen LogP contribution in [0.4, 0.5) is 0 Å². The first kappa shape index (κ1) is 11.2. The Morgan fingerprint density at radius 3 is 2.94 bits per heavy atom. The van der Waals surface area contributed by atoms with Gasteiger partial charge < -0.3 is 10.1 Å². The molecule has 0 aromatic heterocycles. The van der Waals surface area contributed by atoms with Crippen LogP contribution in [0.2, 0.25) is 0 Å². The van der Waals surface area contributed by atoms with E-state index < -0.39 is 0 Å². The lowest BCUT2D eigenvalue weighted by Crippen LogP contribution is -2.24. The molecule has 92 valence electrons. The first-order chi connectivity index (χ1) is 8.43. The fourth-order valence-electron chi connectivity index (χ4n) is 2.61. The molecule has 0 spiro atoms. The molecule has 1 fully saturated rings. The number of fused-ring (bicyclic) bond motifs is 1. The zero-order chi connectivity index (χ0) is 11.5. The van der Waals surface area contributed by atoms with E-state index in [1.807, 2.05) is 0 Å². The standard InChI is InChI=1S/C15H21NO/c1-2-4-14-13(3-1)7-8-15(14)16-9-10-17-11-12-5-6-12/h1-4,12,15-16H,5-11H2. The van der Waals surface area contributed by atoms with Gasteiger partial charge in [0.2, 0.25) is 0 Å². The lowest BCUT2D eigenvalue weighted by molar-refractivity contribution is 0.124. The van der Waals surface area contributed by atoms with Crippen molar-refractivity contribution in [1.29, 1.82) is 0 Å². The third kappa shape index (κ3) is 2.88. The van der Waals surface area contributed by atoms with Crippen molar-refractivity contribution in [1.82, 2.24) is 5.32 Å². The molecule has 1 saturated carbocycles. The average Bonchev–Trinajstić information content (AvgIpc) is 3.09. The van der Waals surface area contributed by atoms with Gasteiger partial charge in [0, 0.05) is 19.2 Å². The Balaban J connectivity index is 1.40. The Bertz CT molecular complexity index is 373. The second kappa shape index (κ2) is 5.19. The SMILES string of the molecule is c1ccc2c(c1)CCC2NCCOCC1CC1. The number of aryl methyl sites for hydroxylation is 1. The molecular formula is C15H21NO. The van der Waals surface area contributed by atoms with Gasteiger partial charge in [-0.25, -0.2) is 0 Å². The van der Waals surface area contributed by atoms with Crippen molar-refractivity contribution in [3.8, 4) is 0 Å². The van der Waals surface area contributed by atoms with Gasteiger partial charge in [-0.05, 0) is 42.7 Å². The molecule has 2 aliphatic carbocycles. The number of hydrogen-bond acceptors (Lipinski definition) is 2. The topological polar surface area (TPSA) is 21.3 Å². The molecule has 1 unspecified atom stereocenters. The summed E-state index contributed by atoms with van der Waals surface area (Å²) in [4.78, 5) is 0. The van der Waals surface area contributed by atoms with Gasteiger partial charge in [0.05, 0.1) is 6.61 Å². The first-order valence-electron chi connectivity index (χ1n) is 6.82. The molecule has 0 radical (unpaired) electrons. The van der Waals surface area contributed by atoms with E-state index in [0.717, 1.165) is 25.7 Å². The largest absolute Gasteiger partial charge is 0.380 e.